The lowest BCUT2D eigenvalue weighted by atomic mass is 9.99. The third-order valence-electron chi connectivity index (χ3n) is 3.44. The quantitative estimate of drug-likeness (QED) is 0.798. The van der Waals surface area contributed by atoms with Crippen LogP contribution in [0.5, 0.6) is 0 Å². The lowest BCUT2D eigenvalue weighted by Gasteiger charge is -2.09. The van der Waals surface area contributed by atoms with Crippen molar-refractivity contribution in [1.82, 2.24) is 9.78 Å². The van der Waals surface area contributed by atoms with E-state index in [1.165, 1.54) is 0 Å². The molecule has 5 heteroatoms. The summed E-state index contributed by atoms with van der Waals surface area (Å²) in [5, 5.41) is 4.97. The van der Waals surface area contributed by atoms with Gasteiger partial charge in [0.25, 0.3) is 0 Å². The molecule has 0 aliphatic heterocycles. The Bertz CT molecular complexity index is 429. The number of halogens is 1. The van der Waals surface area contributed by atoms with Crippen LogP contribution in [0.15, 0.2) is 0 Å². The maximum atomic E-state index is 12.0. The molecular weight excluding hydrogens is 262 g/mol. The van der Waals surface area contributed by atoms with Gasteiger partial charge in [-0.3, -0.25) is 9.48 Å². The summed E-state index contributed by atoms with van der Waals surface area (Å²) in [5.41, 5.74) is 7.20. The van der Waals surface area contributed by atoms with Crippen molar-refractivity contribution in [3.8, 4) is 0 Å². The summed E-state index contributed by atoms with van der Waals surface area (Å²) in [6.07, 6.45) is 3.61. The predicted octanol–water partition coefficient (Wildman–Crippen LogP) is 2.51. The van der Waals surface area contributed by atoms with Gasteiger partial charge in [0.1, 0.15) is 5.78 Å². The second-order valence-corrected chi connectivity index (χ2v) is 5.50. The molecule has 0 aliphatic carbocycles. The minimum Gasteiger partial charge on any atom is -0.330 e. The van der Waals surface area contributed by atoms with Gasteiger partial charge in [-0.1, -0.05) is 25.4 Å². The van der Waals surface area contributed by atoms with Gasteiger partial charge in [0.05, 0.1) is 16.4 Å². The van der Waals surface area contributed by atoms with Gasteiger partial charge in [-0.2, -0.15) is 5.10 Å². The summed E-state index contributed by atoms with van der Waals surface area (Å²) in [5.74, 6) is 0.721. The maximum Gasteiger partial charge on any atom is 0.138 e. The van der Waals surface area contributed by atoms with Crippen molar-refractivity contribution in [2.45, 2.75) is 46.0 Å². The van der Waals surface area contributed by atoms with Crippen LogP contribution >= 0.6 is 11.6 Å². The van der Waals surface area contributed by atoms with Crippen LogP contribution in [0, 0.1) is 5.92 Å². The largest absolute Gasteiger partial charge is 0.330 e. The fourth-order valence-electron chi connectivity index (χ4n) is 2.12. The van der Waals surface area contributed by atoms with E-state index in [0.717, 1.165) is 30.7 Å². The van der Waals surface area contributed by atoms with E-state index in [0.29, 0.717) is 30.3 Å². The number of Topliss-reactive ketones (excluding diaryl/α,β-unsaturated/α-hetero) is 1. The van der Waals surface area contributed by atoms with Gasteiger partial charge >= 0.3 is 0 Å². The Morgan fingerprint density at radius 1 is 1.47 bits per heavy atom. The summed E-state index contributed by atoms with van der Waals surface area (Å²) < 4.78 is 1.72. The van der Waals surface area contributed by atoms with Crippen LogP contribution in [0.4, 0.5) is 0 Å². The summed E-state index contributed by atoms with van der Waals surface area (Å²) >= 11 is 6.23. The molecular formula is C14H24ClN3O. The average molecular weight is 286 g/mol. The van der Waals surface area contributed by atoms with Crippen molar-refractivity contribution in [2.24, 2.45) is 18.7 Å². The van der Waals surface area contributed by atoms with Gasteiger partial charge in [-0.15, -0.1) is 0 Å². The van der Waals surface area contributed by atoms with Gasteiger partial charge in [-0.05, 0) is 31.7 Å². The summed E-state index contributed by atoms with van der Waals surface area (Å²) in [4.78, 5) is 12.0. The highest BCUT2D eigenvalue weighted by atomic mass is 35.5. The molecule has 1 aromatic rings. The molecule has 2 N–H and O–H groups in total. The van der Waals surface area contributed by atoms with E-state index in [1.54, 1.807) is 4.68 Å². The second kappa shape index (κ2) is 7.65. The van der Waals surface area contributed by atoms with Gasteiger partial charge < -0.3 is 5.73 Å². The smallest absolute Gasteiger partial charge is 0.138 e. The van der Waals surface area contributed by atoms with Crippen LogP contribution in [0.2, 0.25) is 5.02 Å². The van der Waals surface area contributed by atoms with E-state index in [-0.39, 0.29) is 5.78 Å². The molecule has 4 nitrogen and oxygen atoms in total. The molecule has 19 heavy (non-hydrogen) atoms. The van der Waals surface area contributed by atoms with Crippen LogP contribution in [-0.2, 0) is 24.7 Å². The Morgan fingerprint density at radius 3 is 2.68 bits per heavy atom. The number of hydrogen-bond acceptors (Lipinski definition) is 3. The van der Waals surface area contributed by atoms with Crippen molar-refractivity contribution in [2.75, 3.05) is 6.54 Å². The number of aromatic nitrogens is 2. The molecule has 0 saturated carbocycles. The highest BCUT2D eigenvalue weighted by Crippen LogP contribution is 2.22. The first-order valence-corrected chi connectivity index (χ1v) is 7.29. The molecule has 0 spiro atoms. The third-order valence-corrected chi connectivity index (χ3v) is 3.88. The minimum atomic E-state index is 0.219. The molecule has 108 valence electrons. The number of aryl methyl sites for hydroxylation is 2. The molecule has 1 rings (SSSR count). The first kappa shape index (κ1) is 16.2. The highest BCUT2D eigenvalue weighted by molar-refractivity contribution is 6.32. The van der Waals surface area contributed by atoms with Crippen LogP contribution in [0.25, 0.3) is 0 Å². The Kier molecular flexibility index (Phi) is 6.52. The molecule has 0 aromatic carbocycles. The molecule has 0 aliphatic rings. The Balaban J connectivity index is 2.55. The fourth-order valence-corrected chi connectivity index (χ4v) is 2.48. The van der Waals surface area contributed by atoms with E-state index in [2.05, 4.69) is 12.0 Å². The number of ketones is 1. The van der Waals surface area contributed by atoms with Gasteiger partial charge in [-0.25, -0.2) is 0 Å². The zero-order valence-corrected chi connectivity index (χ0v) is 12.8. The molecule has 0 radical (unpaired) electrons. The summed E-state index contributed by atoms with van der Waals surface area (Å²) in [6, 6.07) is 0. The van der Waals surface area contributed by atoms with Crippen molar-refractivity contribution in [3.05, 3.63) is 16.4 Å². The number of rotatable bonds is 8. The van der Waals surface area contributed by atoms with Crippen molar-refractivity contribution < 1.29 is 4.79 Å². The zero-order valence-electron chi connectivity index (χ0n) is 12.1. The topological polar surface area (TPSA) is 60.9 Å². The van der Waals surface area contributed by atoms with Crippen LogP contribution in [0.1, 0.15) is 44.5 Å². The molecule has 1 heterocycles. The van der Waals surface area contributed by atoms with Crippen molar-refractivity contribution >= 4 is 17.4 Å². The lowest BCUT2D eigenvalue weighted by Crippen LogP contribution is -2.11. The first-order valence-electron chi connectivity index (χ1n) is 6.91. The van der Waals surface area contributed by atoms with E-state index < -0.39 is 0 Å². The van der Waals surface area contributed by atoms with Crippen LogP contribution in [-0.4, -0.2) is 22.1 Å². The van der Waals surface area contributed by atoms with Crippen LogP contribution < -0.4 is 5.73 Å². The first-order chi connectivity index (χ1) is 8.99. The van der Waals surface area contributed by atoms with Crippen LogP contribution in [0.3, 0.4) is 0 Å². The predicted molar refractivity (Wildman–Crippen MR) is 78.4 cm³/mol. The molecule has 0 amide bonds. The minimum absolute atomic E-state index is 0.219. The molecule has 1 unspecified atom stereocenters. The SMILES string of the molecule is CCc1nn(C)c(CC(=O)CCC(C)CCN)c1Cl. The zero-order chi connectivity index (χ0) is 14.4. The summed E-state index contributed by atoms with van der Waals surface area (Å²) in [6.45, 7) is 4.82. The van der Waals surface area contributed by atoms with Gasteiger partial charge in [0.15, 0.2) is 0 Å². The average Bonchev–Trinajstić information content (AvgIpc) is 2.64. The Labute approximate surface area is 120 Å². The lowest BCUT2D eigenvalue weighted by molar-refractivity contribution is -0.118. The standard InChI is InChI=1S/C14H24ClN3O/c1-4-12-14(15)13(18(3)17-12)9-11(19)6-5-10(2)7-8-16/h10H,4-9,16H2,1-3H3. The second-order valence-electron chi connectivity index (χ2n) is 5.12. The number of carbonyl (C=O) groups excluding carboxylic acids is 1. The van der Waals surface area contributed by atoms with Crippen molar-refractivity contribution in [1.29, 1.82) is 0 Å². The Morgan fingerprint density at radius 2 is 2.16 bits per heavy atom. The molecule has 0 saturated heterocycles. The van der Waals surface area contributed by atoms with E-state index in [1.807, 2.05) is 14.0 Å². The highest BCUT2D eigenvalue weighted by Gasteiger charge is 2.16. The fraction of sp³-hybridized carbons (Fsp3) is 0.714. The third kappa shape index (κ3) is 4.62. The number of carbonyl (C=O) groups is 1. The van der Waals surface area contributed by atoms with E-state index >= 15 is 0 Å². The molecule has 0 bridgehead atoms. The number of nitrogens with two attached hydrogens (primary N) is 1. The monoisotopic (exact) mass is 285 g/mol. The van der Waals surface area contributed by atoms with Crippen molar-refractivity contribution in [3.63, 3.8) is 0 Å². The van der Waals surface area contributed by atoms with Gasteiger partial charge in [0.2, 0.25) is 0 Å². The number of nitrogens with zero attached hydrogens (tertiary/aromatic N) is 2. The maximum absolute atomic E-state index is 12.0. The summed E-state index contributed by atoms with van der Waals surface area (Å²) in [7, 11) is 1.84. The number of hydrogen-bond donors (Lipinski definition) is 1. The Hall–Kier alpha value is -0.870. The molecule has 1 aromatic heterocycles. The molecule has 0 fully saturated rings. The van der Waals surface area contributed by atoms with Gasteiger partial charge in [0, 0.05) is 19.9 Å². The normalized spacial score (nSPS) is 12.7. The van der Waals surface area contributed by atoms with E-state index in [9.17, 15) is 4.79 Å². The molecule has 1 atom stereocenters. The van der Waals surface area contributed by atoms with E-state index in [4.69, 9.17) is 17.3 Å².